The molecule has 0 aliphatic heterocycles. The van der Waals surface area contributed by atoms with Crippen LogP contribution in [0.3, 0.4) is 0 Å². The summed E-state index contributed by atoms with van der Waals surface area (Å²) < 4.78 is 54.6. The Bertz CT molecular complexity index is 931. The Kier molecular flexibility index (Phi) is 29.5. The highest BCUT2D eigenvalue weighted by atomic mass is 32.2. The van der Waals surface area contributed by atoms with Crippen LogP contribution >= 0.6 is 0 Å². The van der Waals surface area contributed by atoms with Crippen LogP contribution in [0.5, 0.6) is 0 Å². The molecule has 0 fully saturated rings. The predicted molar refractivity (Wildman–Crippen MR) is 172 cm³/mol. The minimum absolute atomic E-state index is 0. The van der Waals surface area contributed by atoms with Gasteiger partial charge in [-0.1, -0.05) is 110 Å². The van der Waals surface area contributed by atoms with E-state index in [2.05, 4.69) is 13.2 Å². The molecule has 0 radical (unpaired) electrons. The van der Waals surface area contributed by atoms with Crippen LogP contribution in [-0.2, 0) is 48.2 Å². The highest BCUT2D eigenvalue weighted by Crippen LogP contribution is 2.13. The summed E-state index contributed by atoms with van der Waals surface area (Å²) in [5, 5.41) is -2.11. The molecule has 0 N–H and O–H groups in total. The molecule has 0 heterocycles. The van der Waals surface area contributed by atoms with Gasteiger partial charge in [-0.3, -0.25) is 9.59 Å². The molecule has 0 rings (SSSR count). The number of hydrogen-bond acceptors (Lipinski definition) is 11. The van der Waals surface area contributed by atoms with Crippen LogP contribution in [0.4, 0.5) is 0 Å². The molecular formula is C33H57O11S-. The number of esters is 4. The third-order valence-electron chi connectivity index (χ3n) is 6.87. The van der Waals surface area contributed by atoms with Crippen LogP contribution in [0.1, 0.15) is 129 Å². The second-order valence-corrected chi connectivity index (χ2v) is 12.2. The van der Waals surface area contributed by atoms with E-state index in [9.17, 15) is 32.1 Å². The molecule has 0 aromatic carbocycles. The third kappa shape index (κ3) is 28.5. The standard InChI is InChI=1S/C32H54O11S.CH4/c1-3-29(33)40-23-19-15-11-7-5-9-13-17-21-25-42-31(35)27-28(44(37,38)39)32(36)43-26-22-18-14-10-6-8-12-16-20-24-41-30(34)4-2;/h3-4,28H,1-2,5-27H2,(H,37,38,39);1H4/p-1. The van der Waals surface area contributed by atoms with Crippen LogP contribution in [0.25, 0.3) is 0 Å². The van der Waals surface area contributed by atoms with Gasteiger partial charge < -0.3 is 23.5 Å². The van der Waals surface area contributed by atoms with E-state index in [0.29, 0.717) is 26.1 Å². The van der Waals surface area contributed by atoms with Gasteiger partial charge in [-0.15, -0.1) is 0 Å². The molecule has 1 unspecified atom stereocenters. The Labute approximate surface area is 271 Å². The molecule has 0 spiro atoms. The summed E-state index contributed by atoms with van der Waals surface area (Å²) in [7, 11) is -5.07. The van der Waals surface area contributed by atoms with Gasteiger partial charge in [0.05, 0.1) is 32.8 Å². The third-order valence-corrected chi connectivity index (χ3v) is 7.93. The van der Waals surface area contributed by atoms with Crippen molar-refractivity contribution in [2.24, 2.45) is 0 Å². The quantitative estimate of drug-likeness (QED) is 0.0272. The van der Waals surface area contributed by atoms with Gasteiger partial charge in [-0.05, 0) is 25.7 Å². The van der Waals surface area contributed by atoms with Crippen LogP contribution in [0, 0.1) is 0 Å². The first-order valence-corrected chi connectivity index (χ1v) is 17.4. The second kappa shape index (κ2) is 30.0. The van der Waals surface area contributed by atoms with E-state index in [1.54, 1.807) is 0 Å². The first-order chi connectivity index (χ1) is 21.1. The first kappa shape index (κ1) is 44.4. The molecule has 12 heteroatoms. The van der Waals surface area contributed by atoms with Gasteiger partial charge >= 0.3 is 23.9 Å². The average molecular weight is 662 g/mol. The van der Waals surface area contributed by atoms with Crippen molar-refractivity contribution in [3.63, 3.8) is 0 Å². The van der Waals surface area contributed by atoms with Crippen molar-refractivity contribution in [1.29, 1.82) is 0 Å². The monoisotopic (exact) mass is 661 g/mol. The number of hydrogen-bond donors (Lipinski definition) is 0. The van der Waals surface area contributed by atoms with Crippen LogP contribution < -0.4 is 0 Å². The van der Waals surface area contributed by atoms with Crippen molar-refractivity contribution < 1.29 is 51.1 Å². The molecule has 0 bridgehead atoms. The number of carbonyl (C=O) groups is 4. The molecule has 0 aromatic heterocycles. The second-order valence-electron chi connectivity index (χ2n) is 10.7. The molecule has 262 valence electrons. The summed E-state index contributed by atoms with van der Waals surface area (Å²) in [5.74, 6) is -2.93. The highest BCUT2D eigenvalue weighted by Gasteiger charge is 2.30. The Balaban J connectivity index is 0. The van der Waals surface area contributed by atoms with E-state index in [1.807, 2.05) is 0 Å². The molecule has 0 saturated carbocycles. The summed E-state index contributed by atoms with van der Waals surface area (Å²) in [5.41, 5.74) is 0. The summed E-state index contributed by atoms with van der Waals surface area (Å²) in [6.07, 6.45) is 18.2. The van der Waals surface area contributed by atoms with E-state index in [4.69, 9.17) is 18.9 Å². The number of unbranched alkanes of at least 4 members (excludes halogenated alkanes) is 16. The Morgan fingerprint density at radius 3 is 1.13 bits per heavy atom. The lowest BCUT2D eigenvalue weighted by Crippen LogP contribution is -2.34. The minimum Gasteiger partial charge on any atom is -0.747 e. The van der Waals surface area contributed by atoms with Gasteiger partial charge in [-0.25, -0.2) is 18.0 Å². The Morgan fingerprint density at radius 1 is 0.533 bits per heavy atom. The van der Waals surface area contributed by atoms with Gasteiger partial charge in [0, 0.05) is 12.2 Å². The van der Waals surface area contributed by atoms with E-state index in [1.165, 1.54) is 0 Å². The molecule has 11 nitrogen and oxygen atoms in total. The zero-order valence-electron chi connectivity index (χ0n) is 26.3. The lowest BCUT2D eigenvalue weighted by Gasteiger charge is -2.18. The molecule has 0 aliphatic carbocycles. The van der Waals surface area contributed by atoms with Crippen LogP contribution in [0.2, 0.25) is 0 Å². The van der Waals surface area contributed by atoms with Crippen molar-refractivity contribution in [3.8, 4) is 0 Å². The van der Waals surface area contributed by atoms with E-state index >= 15 is 0 Å². The van der Waals surface area contributed by atoms with Crippen molar-refractivity contribution in [2.45, 2.75) is 135 Å². The molecule has 0 amide bonds. The maximum atomic E-state index is 12.2. The number of ether oxygens (including phenoxy) is 4. The average Bonchev–Trinajstić information content (AvgIpc) is 2.99. The van der Waals surface area contributed by atoms with Gasteiger partial charge in [-0.2, -0.15) is 0 Å². The first-order valence-electron chi connectivity index (χ1n) is 16.0. The summed E-state index contributed by atoms with van der Waals surface area (Å²) in [6.45, 7) is 7.58. The van der Waals surface area contributed by atoms with Crippen LogP contribution in [-0.4, -0.2) is 68.5 Å². The van der Waals surface area contributed by atoms with Crippen LogP contribution in [0.15, 0.2) is 25.3 Å². The van der Waals surface area contributed by atoms with Crippen molar-refractivity contribution in [2.75, 3.05) is 26.4 Å². The highest BCUT2D eigenvalue weighted by molar-refractivity contribution is 7.87. The van der Waals surface area contributed by atoms with Crippen molar-refractivity contribution in [1.82, 2.24) is 0 Å². The van der Waals surface area contributed by atoms with Gasteiger partial charge in [0.25, 0.3) is 0 Å². The molecule has 1 atom stereocenters. The fourth-order valence-electron chi connectivity index (χ4n) is 4.31. The van der Waals surface area contributed by atoms with Gasteiger partial charge in [0.15, 0.2) is 5.25 Å². The Hall–Kier alpha value is -2.73. The fourth-order valence-corrected chi connectivity index (χ4v) is 4.96. The SMILES string of the molecule is C.C=CC(=O)OCCCCCCCCCCCOC(=O)CC(C(=O)OCCCCCCCCCCCOC(=O)C=C)S(=O)(=O)[O-]. The summed E-state index contributed by atoms with van der Waals surface area (Å²) >= 11 is 0. The molecule has 45 heavy (non-hydrogen) atoms. The molecule has 0 saturated heterocycles. The van der Waals surface area contributed by atoms with Crippen molar-refractivity contribution in [3.05, 3.63) is 25.3 Å². The topological polar surface area (TPSA) is 162 Å². The maximum absolute atomic E-state index is 12.2. The van der Waals surface area contributed by atoms with Gasteiger partial charge in [0.2, 0.25) is 0 Å². The smallest absolute Gasteiger partial charge is 0.330 e. The van der Waals surface area contributed by atoms with Gasteiger partial charge in [0.1, 0.15) is 10.1 Å². The zero-order chi connectivity index (χ0) is 32.9. The normalized spacial score (nSPS) is 11.5. The molecule has 0 aliphatic rings. The van der Waals surface area contributed by atoms with E-state index < -0.39 is 45.7 Å². The lowest BCUT2D eigenvalue weighted by molar-refractivity contribution is -0.150. The maximum Gasteiger partial charge on any atom is 0.330 e. The molecule has 0 aromatic rings. The number of carbonyl (C=O) groups excluding carboxylic acids is 4. The summed E-state index contributed by atoms with van der Waals surface area (Å²) in [4.78, 5) is 46.1. The number of rotatable bonds is 30. The lowest BCUT2D eigenvalue weighted by atomic mass is 10.1. The minimum atomic E-state index is -5.07. The summed E-state index contributed by atoms with van der Waals surface area (Å²) in [6, 6.07) is 0. The fraction of sp³-hybridized carbons (Fsp3) is 0.758. The zero-order valence-corrected chi connectivity index (χ0v) is 27.1. The molecular weight excluding hydrogens is 604 g/mol. The Morgan fingerprint density at radius 2 is 0.822 bits per heavy atom. The van der Waals surface area contributed by atoms with E-state index in [-0.39, 0.29) is 20.6 Å². The van der Waals surface area contributed by atoms with E-state index in [0.717, 1.165) is 115 Å². The van der Waals surface area contributed by atoms with Crippen molar-refractivity contribution >= 4 is 34.0 Å². The largest absolute Gasteiger partial charge is 0.747 e. The predicted octanol–water partition coefficient (Wildman–Crippen LogP) is 6.49.